The molecule has 8 nitrogen and oxygen atoms in total. The van der Waals surface area contributed by atoms with Crippen LogP contribution >= 0.6 is 11.8 Å². The van der Waals surface area contributed by atoms with Gasteiger partial charge in [0, 0.05) is 22.2 Å². The highest BCUT2D eigenvalue weighted by atomic mass is 32.2. The second kappa shape index (κ2) is 7.85. The predicted molar refractivity (Wildman–Crippen MR) is 126 cm³/mol. The zero-order valence-electron chi connectivity index (χ0n) is 18.0. The summed E-state index contributed by atoms with van der Waals surface area (Å²) in [7, 11) is 0. The van der Waals surface area contributed by atoms with Crippen molar-refractivity contribution in [2.75, 3.05) is 17.2 Å². The molecule has 3 atom stereocenters. The summed E-state index contributed by atoms with van der Waals surface area (Å²) in [6.07, 6.45) is 2.03. The number of piperazine rings is 1. The number of imide groups is 1. The van der Waals surface area contributed by atoms with Crippen molar-refractivity contribution in [2.24, 2.45) is 0 Å². The Hall–Kier alpha value is -3.90. The van der Waals surface area contributed by atoms with Crippen LogP contribution < -0.4 is 4.90 Å². The standard InChI is InChI=1S/C25H19N5O3S/c26-11-19-17-8-4-5-9-18(17)21(12-27-19)30-24(32)23-20-10-15(29(23)25(30)33)13-28(20)22(31)14-34-16-6-2-1-3-7-16/h1-9,12,15,20,23H,10,13-14H2/t15-,20?,23?/m1/s1. The van der Waals surface area contributed by atoms with Gasteiger partial charge in [0.1, 0.15) is 17.8 Å². The summed E-state index contributed by atoms with van der Waals surface area (Å²) >= 11 is 1.47. The summed E-state index contributed by atoms with van der Waals surface area (Å²) in [4.78, 5) is 49.8. The topological polar surface area (TPSA) is 97.6 Å². The smallest absolute Gasteiger partial charge is 0.332 e. The molecule has 3 saturated heterocycles. The molecule has 3 fully saturated rings. The molecule has 0 spiro atoms. The van der Waals surface area contributed by atoms with E-state index in [-0.39, 0.29) is 41.4 Å². The van der Waals surface area contributed by atoms with Crippen LogP contribution in [-0.4, -0.2) is 63.1 Å². The van der Waals surface area contributed by atoms with Crippen molar-refractivity contribution in [3.05, 3.63) is 66.5 Å². The van der Waals surface area contributed by atoms with E-state index in [0.717, 1.165) is 4.90 Å². The number of anilines is 1. The molecule has 6 rings (SSSR count). The molecule has 3 aromatic rings. The van der Waals surface area contributed by atoms with Crippen LogP contribution in [0.5, 0.6) is 0 Å². The Morgan fingerprint density at radius 2 is 1.82 bits per heavy atom. The minimum atomic E-state index is -0.689. The van der Waals surface area contributed by atoms with Crippen LogP contribution in [0.25, 0.3) is 10.8 Å². The average molecular weight is 470 g/mol. The van der Waals surface area contributed by atoms with Crippen molar-refractivity contribution in [3.8, 4) is 6.07 Å². The first-order valence-corrected chi connectivity index (χ1v) is 12.0. The number of thioether (sulfide) groups is 1. The van der Waals surface area contributed by atoms with E-state index in [0.29, 0.717) is 29.4 Å². The Balaban J connectivity index is 1.27. The zero-order valence-corrected chi connectivity index (χ0v) is 18.8. The van der Waals surface area contributed by atoms with Gasteiger partial charge in [0.05, 0.1) is 29.7 Å². The van der Waals surface area contributed by atoms with Crippen LogP contribution in [0, 0.1) is 11.3 Å². The third-order valence-electron chi connectivity index (χ3n) is 6.81. The van der Waals surface area contributed by atoms with Gasteiger partial charge in [0.15, 0.2) is 0 Å². The van der Waals surface area contributed by atoms with E-state index in [1.807, 2.05) is 30.3 Å². The van der Waals surface area contributed by atoms with E-state index in [4.69, 9.17) is 0 Å². The summed E-state index contributed by atoms with van der Waals surface area (Å²) in [5.41, 5.74) is 0.614. The summed E-state index contributed by atoms with van der Waals surface area (Å²) in [6, 6.07) is 17.3. The molecular weight excluding hydrogens is 450 g/mol. The van der Waals surface area contributed by atoms with Gasteiger partial charge in [-0.25, -0.2) is 14.7 Å². The molecule has 0 N–H and O–H groups in total. The van der Waals surface area contributed by atoms with Crippen LogP contribution in [0.1, 0.15) is 12.1 Å². The number of carbonyl (C=O) groups is 3. The largest absolute Gasteiger partial charge is 0.334 e. The quantitative estimate of drug-likeness (QED) is 0.430. The Kier molecular flexibility index (Phi) is 4.78. The minimum Gasteiger partial charge on any atom is -0.334 e. The van der Waals surface area contributed by atoms with Gasteiger partial charge in [-0.05, 0) is 18.6 Å². The van der Waals surface area contributed by atoms with Crippen LogP contribution in [0.2, 0.25) is 0 Å². The fraction of sp³-hybridized carbons (Fsp3) is 0.240. The van der Waals surface area contributed by atoms with E-state index in [9.17, 15) is 19.6 Å². The van der Waals surface area contributed by atoms with Gasteiger partial charge in [-0.3, -0.25) is 9.59 Å². The number of hydrogen-bond donors (Lipinski definition) is 0. The molecule has 3 aliphatic heterocycles. The number of benzene rings is 2. The summed E-state index contributed by atoms with van der Waals surface area (Å²) in [5, 5.41) is 10.6. The van der Waals surface area contributed by atoms with Crippen molar-refractivity contribution < 1.29 is 14.4 Å². The number of nitriles is 1. The number of amides is 4. The van der Waals surface area contributed by atoms with Gasteiger partial charge < -0.3 is 9.80 Å². The van der Waals surface area contributed by atoms with Gasteiger partial charge in [-0.1, -0.05) is 42.5 Å². The lowest BCUT2D eigenvalue weighted by atomic mass is 10.1. The van der Waals surface area contributed by atoms with E-state index < -0.39 is 6.04 Å². The number of pyridine rings is 1. The second-order valence-electron chi connectivity index (χ2n) is 8.56. The third kappa shape index (κ3) is 2.99. The van der Waals surface area contributed by atoms with Gasteiger partial charge in [-0.15, -0.1) is 11.8 Å². The van der Waals surface area contributed by atoms with Crippen molar-refractivity contribution in [1.29, 1.82) is 5.26 Å². The van der Waals surface area contributed by atoms with Crippen LogP contribution in [0.3, 0.4) is 0 Å². The Morgan fingerprint density at radius 1 is 1.09 bits per heavy atom. The molecule has 1 aromatic heterocycles. The molecule has 0 aliphatic carbocycles. The van der Waals surface area contributed by atoms with Crippen molar-refractivity contribution in [2.45, 2.75) is 29.4 Å². The second-order valence-corrected chi connectivity index (χ2v) is 9.61. The lowest BCUT2D eigenvalue weighted by molar-refractivity contribution is -0.133. The lowest BCUT2D eigenvalue weighted by Gasteiger charge is -2.34. The summed E-state index contributed by atoms with van der Waals surface area (Å²) in [5.74, 6) is -0.0803. The van der Waals surface area contributed by atoms with Gasteiger partial charge in [0.2, 0.25) is 5.91 Å². The van der Waals surface area contributed by atoms with E-state index >= 15 is 0 Å². The first-order valence-electron chi connectivity index (χ1n) is 11.0. The lowest BCUT2D eigenvalue weighted by Crippen LogP contribution is -2.55. The highest BCUT2D eigenvalue weighted by molar-refractivity contribution is 8.00. The first-order chi connectivity index (χ1) is 16.6. The molecular formula is C25H19N5O3S. The van der Waals surface area contributed by atoms with Crippen molar-refractivity contribution >= 4 is 46.1 Å². The molecule has 168 valence electrons. The maximum atomic E-state index is 13.6. The molecule has 2 unspecified atom stereocenters. The van der Waals surface area contributed by atoms with Crippen molar-refractivity contribution in [1.82, 2.24) is 14.8 Å². The number of aromatic nitrogens is 1. The minimum absolute atomic E-state index is 0.0230. The molecule has 0 radical (unpaired) electrons. The first kappa shape index (κ1) is 20.7. The van der Waals surface area contributed by atoms with Crippen LogP contribution in [-0.2, 0) is 9.59 Å². The number of hydrogen-bond acceptors (Lipinski definition) is 6. The fourth-order valence-electron chi connectivity index (χ4n) is 5.36. The molecule has 2 aromatic carbocycles. The molecule has 4 heterocycles. The number of likely N-dealkylation sites (tertiary alicyclic amines) is 1. The summed E-state index contributed by atoms with van der Waals surface area (Å²) < 4.78 is 0. The van der Waals surface area contributed by atoms with E-state index in [2.05, 4.69) is 11.1 Å². The number of carbonyl (C=O) groups excluding carboxylic acids is 3. The van der Waals surface area contributed by atoms with E-state index in [1.54, 1.807) is 34.1 Å². The average Bonchev–Trinajstić information content (AvgIpc) is 3.54. The Labute approximate surface area is 199 Å². The molecule has 34 heavy (non-hydrogen) atoms. The number of rotatable bonds is 4. The number of urea groups is 1. The zero-order chi connectivity index (χ0) is 23.4. The predicted octanol–water partition coefficient (Wildman–Crippen LogP) is 3.02. The number of fused-ring (bicyclic) bond motifs is 6. The molecule has 9 heteroatoms. The third-order valence-corrected chi connectivity index (χ3v) is 7.81. The van der Waals surface area contributed by atoms with Gasteiger partial charge >= 0.3 is 6.03 Å². The van der Waals surface area contributed by atoms with Crippen molar-refractivity contribution in [3.63, 3.8) is 0 Å². The Bertz CT molecular complexity index is 1390. The molecule has 2 bridgehead atoms. The highest BCUT2D eigenvalue weighted by Gasteiger charge is 2.63. The number of nitrogens with zero attached hydrogens (tertiary/aromatic N) is 5. The monoisotopic (exact) mass is 469 g/mol. The molecule has 3 aliphatic rings. The molecule has 4 amide bonds. The highest BCUT2D eigenvalue weighted by Crippen LogP contribution is 2.43. The van der Waals surface area contributed by atoms with E-state index in [1.165, 1.54) is 22.9 Å². The fourth-order valence-corrected chi connectivity index (χ4v) is 6.16. The normalized spacial score (nSPS) is 23.0. The maximum absolute atomic E-state index is 13.6. The van der Waals surface area contributed by atoms with Crippen LogP contribution in [0.4, 0.5) is 10.5 Å². The van der Waals surface area contributed by atoms with Crippen LogP contribution in [0.15, 0.2) is 65.7 Å². The maximum Gasteiger partial charge on any atom is 0.332 e. The SMILES string of the molecule is N#Cc1ncc(N2C(=O)C3C4C[C@H](CN4C(=O)CSc4ccccc4)N3C2=O)c2ccccc12. The summed E-state index contributed by atoms with van der Waals surface area (Å²) in [6.45, 7) is 0.439. The Morgan fingerprint density at radius 3 is 2.59 bits per heavy atom. The van der Waals surface area contributed by atoms with Gasteiger partial charge in [0.25, 0.3) is 5.91 Å². The molecule has 0 saturated carbocycles. The van der Waals surface area contributed by atoms with Gasteiger partial charge in [-0.2, -0.15) is 5.26 Å².